The highest BCUT2D eigenvalue weighted by atomic mass is 19.1. The number of piperazine rings is 1. The van der Waals surface area contributed by atoms with Gasteiger partial charge in [0.05, 0.1) is 6.10 Å². The summed E-state index contributed by atoms with van der Waals surface area (Å²) in [6.07, 6.45) is -0.764. The molecule has 1 heterocycles. The zero-order chi connectivity index (χ0) is 14.0. The maximum atomic E-state index is 13.6. The van der Waals surface area contributed by atoms with Crippen molar-refractivity contribution in [2.45, 2.75) is 25.5 Å². The van der Waals surface area contributed by atoms with Gasteiger partial charge >= 0.3 is 0 Å². The van der Waals surface area contributed by atoms with Gasteiger partial charge in [-0.15, -0.1) is 0 Å². The maximum Gasteiger partial charge on any atom is 0.129 e. The fourth-order valence-corrected chi connectivity index (χ4v) is 2.59. The normalized spacial score (nSPS) is 22.4. The number of aliphatic hydroxyl groups excluding tert-OH is 1. The molecule has 1 N–H and O–H groups in total. The lowest BCUT2D eigenvalue weighted by Gasteiger charge is -2.45. The van der Waals surface area contributed by atoms with Crippen molar-refractivity contribution >= 4 is 0 Å². The summed E-state index contributed by atoms with van der Waals surface area (Å²) in [5.74, 6) is -0.330. The highest BCUT2D eigenvalue weighted by molar-refractivity contribution is 5.20. The standard InChI is InChI=1S/C15H23FN2O/c1-15(2)11-18(9-8-17(15)3)10-14(19)12-6-4-5-7-13(12)16/h4-7,14,19H,8-11H2,1-3H3. The molecule has 0 radical (unpaired) electrons. The first-order chi connectivity index (χ1) is 8.90. The summed E-state index contributed by atoms with van der Waals surface area (Å²) in [7, 11) is 2.12. The second-order valence-electron chi connectivity index (χ2n) is 6.01. The van der Waals surface area contributed by atoms with Gasteiger partial charge in [-0.1, -0.05) is 18.2 Å². The molecule has 0 aliphatic carbocycles. The molecule has 1 aromatic carbocycles. The molecule has 1 aromatic rings. The van der Waals surface area contributed by atoms with Crippen molar-refractivity contribution in [1.29, 1.82) is 0 Å². The highest BCUT2D eigenvalue weighted by Gasteiger charge is 2.31. The molecular weight excluding hydrogens is 243 g/mol. The average molecular weight is 266 g/mol. The number of hydrogen-bond donors (Lipinski definition) is 1. The molecule has 0 amide bonds. The van der Waals surface area contributed by atoms with Crippen LogP contribution in [0.25, 0.3) is 0 Å². The molecule has 1 aliphatic rings. The van der Waals surface area contributed by atoms with E-state index in [-0.39, 0.29) is 11.4 Å². The van der Waals surface area contributed by atoms with E-state index in [1.165, 1.54) is 6.07 Å². The van der Waals surface area contributed by atoms with E-state index in [0.717, 1.165) is 19.6 Å². The third-order valence-corrected chi connectivity index (χ3v) is 4.09. The lowest BCUT2D eigenvalue weighted by Crippen LogP contribution is -2.58. The Hall–Kier alpha value is -0.970. The Kier molecular flexibility index (Phi) is 4.23. The second kappa shape index (κ2) is 5.57. The van der Waals surface area contributed by atoms with Gasteiger partial charge < -0.3 is 5.11 Å². The molecule has 19 heavy (non-hydrogen) atoms. The van der Waals surface area contributed by atoms with Crippen molar-refractivity contribution in [2.24, 2.45) is 0 Å². The summed E-state index contributed by atoms with van der Waals surface area (Å²) in [5.41, 5.74) is 0.479. The van der Waals surface area contributed by atoms with Crippen molar-refractivity contribution in [1.82, 2.24) is 9.80 Å². The molecule has 3 nitrogen and oxygen atoms in total. The third-order valence-electron chi connectivity index (χ3n) is 4.09. The molecule has 1 saturated heterocycles. The number of halogens is 1. The first-order valence-corrected chi connectivity index (χ1v) is 6.76. The van der Waals surface area contributed by atoms with Crippen LogP contribution in [-0.4, -0.2) is 53.7 Å². The molecule has 4 heteroatoms. The molecule has 0 bridgehead atoms. The van der Waals surface area contributed by atoms with Crippen molar-refractivity contribution in [3.05, 3.63) is 35.6 Å². The largest absolute Gasteiger partial charge is 0.387 e. The zero-order valence-corrected chi connectivity index (χ0v) is 11.9. The van der Waals surface area contributed by atoms with Crippen LogP contribution in [0.1, 0.15) is 25.5 Å². The van der Waals surface area contributed by atoms with E-state index in [9.17, 15) is 9.50 Å². The molecule has 1 unspecified atom stereocenters. The van der Waals surface area contributed by atoms with Crippen LogP contribution in [0.15, 0.2) is 24.3 Å². The minimum absolute atomic E-state index is 0.0905. The predicted molar refractivity (Wildman–Crippen MR) is 74.5 cm³/mol. The van der Waals surface area contributed by atoms with Gasteiger partial charge in [-0.2, -0.15) is 0 Å². The number of β-amino-alcohol motifs (C(OH)–C–C–N with tert-alkyl or cyclic N) is 1. The monoisotopic (exact) mass is 266 g/mol. The van der Waals surface area contributed by atoms with E-state index in [1.54, 1.807) is 18.2 Å². The fraction of sp³-hybridized carbons (Fsp3) is 0.600. The van der Waals surface area contributed by atoms with Crippen LogP contribution in [0, 0.1) is 5.82 Å². The third kappa shape index (κ3) is 3.32. The minimum Gasteiger partial charge on any atom is -0.387 e. The SMILES string of the molecule is CN1CCN(CC(O)c2ccccc2F)CC1(C)C. The number of rotatable bonds is 3. The number of benzene rings is 1. The van der Waals surface area contributed by atoms with Crippen LogP contribution in [0.3, 0.4) is 0 Å². The van der Waals surface area contributed by atoms with Crippen LogP contribution < -0.4 is 0 Å². The van der Waals surface area contributed by atoms with E-state index >= 15 is 0 Å². The van der Waals surface area contributed by atoms with E-state index < -0.39 is 6.10 Å². The molecule has 0 spiro atoms. The molecule has 1 aliphatic heterocycles. The fourth-order valence-electron chi connectivity index (χ4n) is 2.59. The molecule has 1 fully saturated rings. The lowest BCUT2D eigenvalue weighted by atomic mass is 9.99. The van der Waals surface area contributed by atoms with Crippen LogP contribution in [-0.2, 0) is 0 Å². The molecule has 0 aromatic heterocycles. The number of aliphatic hydroxyl groups is 1. The van der Waals surface area contributed by atoms with E-state index in [1.807, 2.05) is 0 Å². The Morgan fingerprint density at radius 2 is 2.00 bits per heavy atom. The number of hydrogen-bond acceptors (Lipinski definition) is 3. The smallest absolute Gasteiger partial charge is 0.129 e. The number of nitrogens with zero attached hydrogens (tertiary/aromatic N) is 2. The Balaban J connectivity index is 2.00. The van der Waals surface area contributed by atoms with Gasteiger partial charge in [0.2, 0.25) is 0 Å². The summed E-state index contributed by atoms with van der Waals surface area (Å²) in [6.45, 7) is 7.62. The van der Waals surface area contributed by atoms with Crippen LogP contribution >= 0.6 is 0 Å². The number of likely N-dealkylation sites (N-methyl/N-ethyl adjacent to an activating group) is 1. The van der Waals surface area contributed by atoms with Crippen molar-refractivity contribution in [3.8, 4) is 0 Å². The lowest BCUT2D eigenvalue weighted by molar-refractivity contribution is 0.0135. The predicted octanol–water partition coefficient (Wildman–Crippen LogP) is 1.89. The van der Waals surface area contributed by atoms with E-state index in [4.69, 9.17) is 0 Å². The van der Waals surface area contributed by atoms with Crippen molar-refractivity contribution < 1.29 is 9.50 Å². The van der Waals surface area contributed by atoms with Crippen molar-refractivity contribution in [2.75, 3.05) is 33.2 Å². The highest BCUT2D eigenvalue weighted by Crippen LogP contribution is 2.22. The van der Waals surface area contributed by atoms with Crippen molar-refractivity contribution in [3.63, 3.8) is 0 Å². The van der Waals surface area contributed by atoms with Crippen LogP contribution in [0.4, 0.5) is 4.39 Å². The van der Waals surface area contributed by atoms with Gasteiger partial charge in [0, 0.05) is 37.3 Å². The first kappa shape index (κ1) is 14.4. The summed E-state index contributed by atoms with van der Waals surface area (Å²) < 4.78 is 13.6. The van der Waals surface area contributed by atoms with Gasteiger partial charge in [-0.3, -0.25) is 9.80 Å². The van der Waals surface area contributed by atoms with Crippen LogP contribution in [0.2, 0.25) is 0 Å². The summed E-state index contributed by atoms with van der Waals surface area (Å²) >= 11 is 0. The van der Waals surface area contributed by atoms with Gasteiger partial charge in [0.1, 0.15) is 5.82 Å². The minimum atomic E-state index is -0.764. The second-order valence-corrected chi connectivity index (χ2v) is 6.01. The Labute approximate surface area is 114 Å². The van der Waals surface area contributed by atoms with E-state index in [0.29, 0.717) is 12.1 Å². The summed E-state index contributed by atoms with van der Waals surface area (Å²) in [6, 6.07) is 6.45. The molecule has 2 rings (SSSR count). The molecular formula is C15H23FN2O. The van der Waals surface area contributed by atoms with Crippen LogP contribution in [0.5, 0.6) is 0 Å². The van der Waals surface area contributed by atoms with Gasteiger partial charge in [-0.25, -0.2) is 4.39 Å². The Bertz CT molecular complexity index is 436. The zero-order valence-electron chi connectivity index (χ0n) is 11.9. The first-order valence-electron chi connectivity index (χ1n) is 6.76. The molecule has 0 saturated carbocycles. The molecule has 1 atom stereocenters. The average Bonchev–Trinajstić information content (AvgIpc) is 2.34. The topological polar surface area (TPSA) is 26.7 Å². The van der Waals surface area contributed by atoms with Gasteiger partial charge in [-0.05, 0) is 27.0 Å². The Morgan fingerprint density at radius 1 is 1.32 bits per heavy atom. The Morgan fingerprint density at radius 3 is 2.63 bits per heavy atom. The summed E-state index contributed by atoms with van der Waals surface area (Å²) in [5, 5.41) is 10.2. The maximum absolute atomic E-state index is 13.6. The van der Waals surface area contributed by atoms with Gasteiger partial charge in [0.25, 0.3) is 0 Å². The molecule has 106 valence electrons. The van der Waals surface area contributed by atoms with Gasteiger partial charge in [0.15, 0.2) is 0 Å². The summed E-state index contributed by atoms with van der Waals surface area (Å²) in [4.78, 5) is 4.52. The quantitative estimate of drug-likeness (QED) is 0.905. The van der Waals surface area contributed by atoms with E-state index in [2.05, 4.69) is 30.7 Å².